The number of nitrogens with two attached hydrogens (primary N) is 1. The number of hydrogen-bond acceptors (Lipinski definition) is 5. The molecule has 21 heavy (non-hydrogen) atoms. The highest BCUT2D eigenvalue weighted by Crippen LogP contribution is 2.42. The van der Waals surface area contributed by atoms with E-state index in [0.29, 0.717) is 10.6 Å². The van der Waals surface area contributed by atoms with E-state index in [1.165, 1.54) is 5.06 Å². The molecule has 0 radical (unpaired) electrons. The van der Waals surface area contributed by atoms with Crippen LogP contribution in [0.3, 0.4) is 0 Å². The van der Waals surface area contributed by atoms with Gasteiger partial charge in [0.25, 0.3) is 5.91 Å². The molecule has 0 aliphatic carbocycles. The van der Waals surface area contributed by atoms with E-state index in [0.717, 1.165) is 0 Å². The third-order valence-electron chi connectivity index (χ3n) is 3.53. The van der Waals surface area contributed by atoms with Crippen molar-refractivity contribution in [3.63, 3.8) is 0 Å². The maximum absolute atomic E-state index is 12.0. The monoisotopic (exact) mass is 309 g/mol. The zero-order valence-electron chi connectivity index (χ0n) is 10.8. The van der Waals surface area contributed by atoms with Crippen molar-refractivity contribution in [1.82, 2.24) is 10.4 Å². The van der Waals surface area contributed by atoms with Gasteiger partial charge in [-0.1, -0.05) is 23.7 Å². The molecule has 110 valence electrons. The molecule has 1 aromatic rings. The van der Waals surface area contributed by atoms with Gasteiger partial charge in [0.15, 0.2) is 6.10 Å². The van der Waals surface area contributed by atoms with E-state index in [-0.39, 0.29) is 6.54 Å². The van der Waals surface area contributed by atoms with E-state index in [4.69, 9.17) is 22.2 Å². The van der Waals surface area contributed by atoms with Crippen LogP contribution in [0, 0.1) is 5.92 Å². The smallest absolute Gasteiger partial charge is 0.258 e. The molecule has 3 unspecified atom stereocenters. The zero-order chi connectivity index (χ0) is 15.1. The van der Waals surface area contributed by atoms with Gasteiger partial charge in [0.05, 0.1) is 12.0 Å². The molecule has 3 N–H and O–H groups in total. The SMILES string of the molecule is NC(=O)CN1OC2C(=O)NC(=O)C2C1c1cccc(Cl)c1. The Balaban J connectivity index is 2.01. The van der Waals surface area contributed by atoms with Crippen LogP contribution in [0.4, 0.5) is 0 Å². The maximum Gasteiger partial charge on any atom is 0.258 e. The second kappa shape index (κ2) is 5.10. The van der Waals surface area contributed by atoms with E-state index < -0.39 is 35.8 Å². The van der Waals surface area contributed by atoms with Gasteiger partial charge in [0, 0.05) is 5.02 Å². The number of rotatable bonds is 3. The van der Waals surface area contributed by atoms with Crippen molar-refractivity contribution in [2.75, 3.05) is 6.54 Å². The molecular formula is C13H12ClN3O4. The third kappa shape index (κ3) is 2.39. The molecule has 1 aromatic carbocycles. The van der Waals surface area contributed by atoms with Crippen LogP contribution in [-0.4, -0.2) is 35.4 Å². The van der Waals surface area contributed by atoms with Crippen LogP contribution >= 0.6 is 11.6 Å². The number of nitrogens with one attached hydrogen (secondary N) is 1. The quantitative estimate of drug-likeness (QED) is 0.750. The minimum atomic E-state index is -0.944. The van der Waals surface area contributed by atoms with Crippen molar-refractivity contribution in [1.29, 1.82) is 0 Å². The molecular weight excluding hydrogens is 298 g/mol. The summed E-state index contributed by atoms with van der Waals surface area (Å²) >= 11 is 5.97. The first-order valence-corrected chi connectivity index (χ1v) is 6.67. The molecule has 0 spiro atoms. The molecule has 0 bridgehead atoms. The lowest BCUT2D eigenvalue weighted by Gasteiger charge is -2.24. The van der Waals surface area contributed by atoms with Gasteiger partial charge in [0.1, 0.15) is 6.54 Å². The number of carbonyl (C=O) groups excluding carboxylic acids is 3. The van der Waals surface area contributed by atoms with Crippen molar-refractivity contribution in [3.05, 3.63) is 34.9 Å². The number of nitrogens with zero attached hydrogens (tertiary/aromatic N) is 1. The molecule has 2 heterocycles. The maximum atomic E-state index is 12.0. The summed E-state index contributed by atoms with van der Waals surface area (Å²) in [5, 5.41) is 3.99. The fourth-order valence-corrected chi connectivity index (χ4v) is 2.94. The predicted octanol–water partition coefficient (Wildman–Crippen LogP) is -0.245. The summed E-state index contributed by atoms with van der Waals surface area (Å²) in [6.45, 7) is -0.218. The summed E-state index contributed by atoms with van der Waals surface area (Å²) in [6, 6.07) is 6.25. The van der Waals surface area contributed by atoms with E-state index in [2.05, 4.69) is 5.32 Å². The van der Waals surface area contributed by atoms with Gasteiger partial charge in [-0.05, 0) is 17.7 Å². The number of carbonyl (C=O) groups is 3. The van der Waals surface area contributed by atoms with E-state index in [1.54, 1.807) is 24.3 Å². The number of amides is 3. The molecule has 3 atom stereocenters. The summed E-state index contributed by atoms with van der Waals surface area (Å²) in [5.74, 6) is -2.28. The van der Waals surface area contributed by atoms with Crippen molar-refractivity contribution >= 4 is 29.3 Å². The molecule has 2 aliphatic heterocycles. The third-order valence-corrected chi connectivity index (χ3v) is 3.77. The highest BCUT2D eigenvalue weighted by Gasteiger charge is 2.56. The summed E-state index contributed by atoms with van der Waals surface area (Å²) < 4.78 is 0. The number of benzene rings is 1. The Kier molecular flexibility index (Phi) is 3.40. The normalized spacial score (nSPS) is 28.5. The molecule has 3 rings (SSSR count). The molecule has 8 heteroatoms. The highest BCUT2D eigenvalue weighted by atomic mass is 35.5. The Labute approximate surface area is 124 Å². The lowest BCUT2D eigenvalue weighted by Crippen LogP contribution is -2.37. The Morgan fingerprint density at radius 2 is 2.14 bits per heavy atom. The van der Waals surface area contributed by atoms with Crippen LogP contribution in [0.2, 0.25) is 5.02 Å². The zero-order valence-corrected chi connectivity index (χ0v) is 11.5. The van der Waals surface area contributed by atoms with Gasteiger partial charge in [-0.3, -0.25) is 24.5 Å². The van der Waals surface area contributed by atoms with Crippen LogP contribution in [0.5, 0.6) is 0 Å². The molecule has 2 saturated heterocycles. The molecule has 0 aromatic heterocycles. The fourth-order valence-electron chi connectivity index (χ4n) is 2.74. The number of hydroxylamine groups is 2. The second-order valence-electron chi connectivity index (χ2n) is 4.95. The summed E-state index contributed by atoms with van der Waals surface area (Å²) in [6.07, 6.45) is -0.944. The number of imide groups is 1. The Hall–Kier alpha value is -1.96. The second-order valence-corrected chi connectivity index (χ2v) is 5.38. The van der Waals surface area contributed by atoms with Gasteiger partial charge in [-0.15, -0.1) is 0 Å². The Bertz CT molecular complexity index is 636. The van der Waals surface area contributed by atoms with Crippen LogP contribution in [-0.2, 0) is 19.2 Å². The number of fused-ring (bicyclic) bond motifs is 1. The van der Waals surface area contributed by atoms with Gasteiger partial charge < -0.3 is 5.73 Å². The number of hydrogen-bond donors (Lipinski definition) is 2. The van der Waals surface area contributed by atoms with E-state index >= 15 is 0 Å². The van der Waals surface area contributed by atoms with Crippen LogP contribution in [0.1, 0.15) is 11.6 Å². The van der Waals surface area contributed by atoms with Crippen LogP contribution in [0.15, 0.2) is 24.3 Å². The molecule has 0 saturated carbocycles. The largest absolute Gasteiger partial charge is 0.368 e. The van der Waals surface area contributed by atoms with Crippen LogP contribution < -0.4 is 11.1 Å². The van der Waals surface area contributed by atoms with E-state index in [9.17, 15) is 14.4 Å². The van der Waals surface area contributed by atoms with Crippen molar-refractivity contribution in [2.24, 2.45) is 11.7 Å². The van der Waals surface area contributed by atoms with E-state index in [1.807, 2.05) is 0 Å². The minimum Gasteiger partial charge on any atom is -0.368 e. The molecule has 3 amide bonds. The van der Waals surface area contributed by atoms with Gasteiger partial charge in [0.2, 0.25) is 11.8 Å². The summed E-state index contributed by atoms with van der Waals surface area (Å²) in [7, 11) is 0. The molecule has 2 aliphatic rings. The highest BCUT2D eigenvalue weighted by molar-refractivity contribution is 6.30. The summed E-state index contributed by atoms with van der Waals surface area (Å²) in [4.78, 5) is 40.3. The first-order valence-electron chi connectivity index (χ1n) is 6.29. The standard InChI is InChI=1S/C13H12ClN3O4/c14-7-3-1-2-6(4-7)10-9-11(13(20)16-12(9)19)21-17(10)5-8(15)18/h1-4,9-11H,5H2,(H2,15,18)(H,16,19,20). The van der Waals surface area contributed by atoms with Crippen molar-refractivity contribution < 1.29 is 19.2 Å². The van der Waals surface area contributed by atoms with Gasteiger partial charge in [-0.2, -0.15) is 5.06 Å². The lowest BCUT2D eigenvalue weighted by molar-refractivity contribution is -0.176. The predicted molar refractivity (Wildman–Crippen MR) is 71.6 cm³/mol. The Morgan fingerprint density at radius 3 is 2.81 bits per heavy atom. The van der Waals surface area contributed by atoms with Gasteiger partial charge in [-0.25, -0.2) is 0 Å². The van der Waals surface area contributed by atoms with Crippen molar-refractivity contribution in [3.8, 4) is 0 Å². The fraction of sp³-hybridized carbons (Fsp3) is 0.308. The first-order chi connectivity index (χ1) is 9.97. The average Bonchev–Trinajstić information content (AvgIpc) is 2.88. The van der Waals surface area contributed by atoms with Crippen molar-refractivity contribution in [2.45, 2.75) is 12.1 Å². The van der Waals surface area contributed by atoms with Gasteiger partial charge >= 0.3 is 0 Å². The molecule has 2 fully saturated rings. The first kappa shape index (κ1) is 14.0. The average molecular weight is 310 g/mol. The minimum absolute atomic E-state index is 0.218. The topological polar surface area (TPSA) is 102 Å². The Morgan fingerprint density at radius 1 is 1.38 bits per heavy atom. The number of halogens is 1. The number of primary amides is 1. The molecule has 7 nitrogen and oxygen atoms in total. The van der Waals surface area contributed by atoms with Crippen LogP contribution in [0.25, 0.3) is 0 Å². The lowest BCUT2D eigenvalue weighted by atomic mass is 9.91. The summed E-state index contributed by atoms with van der Waals surface area (Å²) in [5.41, 5.74) is 5.87.